The first-order valence-electron chi connectivity index (χ1n) is 12.6. The van der Waals surface area contributed by atoms with Crippen LogP contribution < -0.4 is 5.73 Å². The van der Waals surface area contributed by atoms with E-state index in [1.54, 1.807) is 0 Å². The molecule has 3 saturated heterocycles. The molecule has 1 aromatic rings. The molecule has 0 aromatic heterocycles. The van der Waals surface area contributed by atoms with Gasteiger partial charge in [0, 0.05) is 37.3 Å². The van der Waals surface area contributed by atoms with Gasteiger partial charge in [0.1, 0.15) is 0 Å². The lowest BCUT2D eigenvalue weighted by Gasteiger charge is -2.57. The normalized spacial score (nSPS) is 32.6. The summed E-state index contributed by atoms with van der Waals surface area (Å²) in [4.78, 5) is 18.6. The number of carbonyl (C=O) groups excluding carboxylic acids is 1. The molecule has 0 unspecified atom stereocenters. The zero-order chi connectivity index (χ0) is 20.5. The largest absolute Gasteiger partial charge is 0.338 e. The third kappa shape index (κ3) is 4.05. The molecule has 3 heterocycles. The van der Waals surface area contributed by atoms with Gasteiger partial charge in [-0.25, -0.2) is 0 Å². The average Bonchev–Trinajstić information content (AvgIpc) is 2.82. The van der Waals surface area contributed by atoms with Crippen molar-refractivity contribution in [3.8, 4) is 0 Å². The highest BCUT2D eigenvalue weighted by atomic mass is 16.2. The van der Waals surface area contributed by atoms with Crippen molar-refractivity contribution in [2.24, 2.45) is 23.5 Å². The number of amides is 1. The molecule has 2 N–H and O–H groups in total. The predicted octanol–water partition coefficient (Wildman–Crippen LogP) is 4.43. The smallest absolute Gasteiger partial charge is 0.253 e. The Labute approximate surface area is 182 Å². The lowest BCUT2D eigenvalue weighted by atomic mass is 9.69. The molecular formula is C26H39N3O. The molecule has 4 fully saturated rings. The molecule has 4 aliphatic rings. The molecule has 0 radical (unpaired) electrons. The minimum Gasteiger partial charge on any atom is -0.338 e. The number of hydrogen-bond donors (Lipinski definition) is 1. The molecule has 4 heteroatoms. The highest BCUT2D eigenvalue weighted by Gasteiger charge is 2.48. The number of nitrogens with zero attached hydrogens (tertiary/aromatic N) is 2. The van der Waals surface area contributed by atoms with Crippen LogP contribution in [0.25, 0.3) is 0 Å². The van der Waals surface area contributed by atoms with Crippen LogP contribution >= 0.6 is 0 Å². The molecule has 3 aliphatic heterocycles. The van der Waals surface area contributed by atoms with Crippen LogP contribution in [0.2, 0.25) is 0 Å². The van der Waals surface area contributed by atoms with Crippen molar-refractivity contribution < 1.29 is 4.79 Å². The van der Waals surface area contributed by atoms with Crippen molar-refractivity contribution in [3.63, 3.8) is 0 Å². The molecule has 1 aliphatic carbocycles. The fraction of sp³-hybridized carbons (Fsp3) is 0.731. The van der Waals surface area contributed by atoms with Crippen molar-refractivity contribution in [2.75, 3.05) is 19.6 Å². The van der Waals surface area contributed by atoms with E-state index in [1.165, 1.54) is 70.8 Å². The summed E-state index contributed by atoms with van der Waals surface area (Å²) in [6, 6.07) is 9.36. The Hall–Kier alpha value is -1.39. The summed E-state index contributed by atoms with van der Waals surface area (Å²) < 4.78 is 0. The standard InChI is InChI=1S/C26H39N3O/c27-16-20-9-6-10-21(13-20)26(30)28-17-22-15-23(18-28)25(14-19-7-2-1-3-8-19)29-12-5-4-11-24(22)29/h6,9-10,13,19,22-25H,1-5,7-8,11-12,14-18,27H2/t22-,23+,24+,25+/m1/s1. The minimum atomic E-state index is 0.223. The zero-order valence-corrected chi connectivity index (χ0v) is 18.5. The first-order chi connectivity index (χ1) is 14.7. The number of benzene rings is 1. The lowest BCUT2D eigenvalue weighted by molar-refractivity contribution is -0.0725. The van der Waals surface area contributed by atoms with Crippen LogP contribution in [0.1, 0.15) is 80.1 Å². The number of nitrogens with two attached hydrogens (primary N) is 1. The monoisotopic (exact) mass is 409 g/mol. The SMILES string of the molecule is NCc1cccc(C(=O)N2C[C@H]3C[C@@H](C2)[C@H](CC2CCCCC2)N2CCCC[C@@H]32)c1. The molecule has 1 saturated carbocycles. The van der Waals surface area contributed by atoms with E-state index < -0.39 is 0 Å². The van der Waals surface area contributed by atoms with Crippen LogP contribution in [0.5, 0.6) is 0 Å². The second kappa shape index (κ2) is 9.00. The van der Waals surface area contributed by atoms with Gasteiger partial charge in [0.05, 0.1) is 0 Å². The Morgan fingerprint density at radius 3 is 2.63 bits per heavy atom. The maximum absolute atomic E-state index is 13.4. The number of rotatable bonds is 4. The summed E-state index contributed by atoms with van der Waals surface area (Å²) in [7, 11) is 0. The van der Waals surface area contributed by atoms with Crippen LogP contribution in [-0.4, -0.2) is 47.4 Å². The van der Waals surface area contributed by atoms with Crippen molar-refractivity contribution >= 4 is 5.91 Å². The van der Waals surface area contributed by atoms with E-state index in [0.717, 1.165) is 30.1 Å². The van der Waals surface area contributed by atoms with Crippen molar-refractivity contribution in [2.45, 2.75) is 82.8 Å². The number of likely N-dealkylation sites (tertiary alicyclic amines) is 1. The van der Waals surface area contributed by atoms with Gasteiger partial charge in [-0.1, -0.05) is 50.7 Å². The number of hydrogen-bond acceptors (Lipinski definition) is 3. The summed E-state index contributed by atoms with van der Waals surface area (Å²) in [6.07, 6.45) is 13.9. The van der Waals surface area contributed by atoms with Gasteiger partial charge in [0.25, 0.3) is 5.91 Å². The summed E-state index contributed by atoms with van der Waals surface area (Å²) >= 11 is 0. The molecule has 30 heavy (non-hydrogen) atoms. The van der Waals surface area contributed by atoms with Gasteiger partial charge in [-0.3, -0.25) is 9.69 Å². The molecule has 4 nitrogen and oxygen atoms in total. The minimum absolute atomic E-state index is 0.223. The molecule has 0 spiro atoms. The molecular weight excluding hydrogens is 370 g/mol. The van der Waals surface area contributed by atoms with Crippen LogP contribution in [0.15, 0.2) is 24.3 Å². The molecule has 1 aromatic carbocycles. The molecule has 4 atom stereocenters. The van der Waals surface area contributed by atoms with Crippen LogP contribution in [0.3, 0.4) is 0 Å². The van der Waals surface area contributed by atoms with Gasteiger partial charge in [-0.05, 0) is 67.7 Å². The Morgan fingerprint density at radius 2 is 1.80 bits per heavy atom. The number of fused-ring (bicyclic) bond motifs is 4. The van der Waals surface area contributed by atoms with Crippen LogP contribution in [0, 0.1) is 17.8 Å². The van der Waals surface area contributed by atoms with Gasteiger partial charge < -0.3 is 10.6 Å². The van der Waals surface area contributed by atoms with Gasteiger partial charge in [-0.2, -0.15) is 0 Å². The van der Waals surface area contributed by atoms with E-state index in [9.17, 15) is 4.79 Å². The van der Waals surface area contributed by atoms with Gasteiger partial charge >= 0.3 is 0 Å². The summed E-state index contributed by atoms with van der Waals surface area (Å²) in [6.45, 7) is 3.68. The highest BCUT2D eigenvalue weighted by molar-refractivity contribution is 5.94. The van der Waals surface area contributed by atoms with E-state index in [4.69, 9.17) is 5.73 Å². The molecule has 2 bridgehead atoms. The Bertz CT molecular complexity index is 744. The quantitative estimate of drug-likeness (QED) is 0.800. The first-order valence-corrected chi connectivity index (χ1v) is 12.6. The fourth-order valence-corrected chi connectivity index (χ4v) is 7.18. The second-order valence-corrected chi connectivity index (χ2v) is 10.5. The van der Waals surface area contributed by atoms with E-state index in [0.29, 0.717) is 30.5 Å². The third-order valence-electron chi connectivity index (χ3n) is 8.62. The van der Waals surface area contributed by atoms with Gasteiger partial charge in [0.15, 0.2) is 0 Å². The average molecular weight is 410 g/mol. The summed E-state index contributed by atoms with van der Waals surface area (Å²) in [5.41, 5.74) is 7.69. The van der Waals surface area contributed by atoms with Crippen LogP contribution in [0.4, 0.5) is 0 Å². The zero-order valence-electron chi connectivity index (χ0n) is 18.5. The fourth-order valence-electron chi connectivity index (χ4n) is 7.18. The number of carbonyl (C=O) groups is 1. The van der Waals surface area contributed by atoms with E-state index in [1.807, 2.05) is 24.3 Å². The lowest BCUT2D eigenvalue weighted by Crippen LogP contribution is -2.64. The van der Waals surface area contributed by atoms with E-state index in [-0.39, 0.29) is 5.91 Å². The maximum Gasteiger partial charge on any atom is 0.253 e. The Balaban J connectivity index is 1.36. The van der Waals surface area contributed by atoms with E-state index in [2.05, 4.69) is 9.80 Å². The third-order valence-corrected chi connectivity index (χ3v) is 8.62. The topological polar surface area (TPSA) is 49.6 Å². The van der Waals surface area contributed by atoms with Crippen molar-refractivity contribution in [3.05, 3.63) is 35.4 Å². The van der Waals surface area contributed by atoms with Gasteiger partial charge in [0.2, 0.25) is 0 Å². The molecule has 164 valence electrons. The van der Waals surface area contributed by atoms with Crippen molar-refractivity contribution in [1.29, 1.82) is 0 Å². The second-order valence-electron chi connectivity index (χ2n) is 10.5. The predicted molar refractivity (Wildman–Crippen MR) is 121 cm³/mol. The first kappa shape index (κ1) is 20.5. The highest BCUT2D eigenvalue weighted by Crippen LogP contribution is 2.44. The van der Waals surface area contributed by atoms with Gasteiger partial charge in [-0.15, -0.1) is 0 Å². The molecule has 5 rings (SSSR count). The maximum atomic E-state index is 13.4. The summed E-state index contributed by atoms with van der Waals surface area (Å²) in [5, 5.41) is 0. The Kier molecular flexibility index (Phi) is 6.15. The summed E-state index contributed by atoms with van der Waals surface area (Å²) in [5.74, 6) is 2.45. The molecule has 1 amide bonds. The Morgan fingerprint density at radius 1 is 1.00 bits per heavy atom. The van der Waals surface area contributed by atoms with E-state index >= 15 is 0 Å². The number of piperidine rings is 3. The van der Waals surface area contributed by atoms with Crippen LogP contribution in [-0.2, 0) is 6.54 Å². The van der Waals surface area contributed by atoms with Crippen molar-refractivity contribution in [1.82, 2.24) is 9.80 Å².